The van der Waals surface area contributed by atoms with Crippen LogP contribution in [0.2, 0.25) is 0 Å². The second-order valence-electron chi connectivity index (χ2n) is 5.22. The third-order valence-corrected chi connectivity index (χ3v) is 2.98. The molecule has 6 heteroatoms. The zero-order valence-corrected chi connectivity index (χ0v) is 13.7. The first-order chi connectivity index (χ1) is 11.5. The number of rotatable bonds is 6. The van der Waals surface area contributed by atoms with Crippen LogP contribution >= 0.6 is 0 Å². The number of carbonyl (C=O) groups excluding carboxylic acids is 2. The molecule has 24 heavy (non-hydrogen) atoms. The molecular weight excluding hydrogens is 310 g/mol. The molecule has 0 saturated heterocycles. The van der Waals surface area contributed by atoms with Gasteiger partial charge in [0.1, 0.15) is 11.4 Å². The maximum Gasteiger partial charge on any atom is 0.355 e. The fourth-order valence-electron chi connectivity index (χ4n) is 1.88. The smallest absolute Gasteiger partial charge is 0.355 e. The average Bonchev–Trinajstić information content (AvgIpc) is 3.08. The molecule has 2 rings (SSSR count). The lowest BCUT2D eigenvalue weighted by Crippen LogP contribution is -2.29. The second-order valence-corrected chi connectivity index (χ2v) is 5.22. The largest absolute Gasteiger partial charge is 0.497 e. The van der Waals surface area contributed by atoms with E-state index in [4.69, 9.17) is 13.9 Å². The van der Waals surface area contributed by atoms with Gasteiger partial charge in [-0.2, -0.15) is 0 Å². The summed E-state index contributed by atoms with van der Waals surface area (Å²) in [6, 6.07) is 10.1. The SMILES string of the molecule is COc1ccc(/C=C(\NC(=O)c2ccco2)C(=O)OC(C)C)cc1. The molecule has 0 radical (unpaired) electrons. The van der Waals surface area contributed by atoms with Gasteiger partial charge < -0.3 is 19.2 Å². The molecular formula is C18H19NO5. The summed E-state index contributed by atoms with van der Waals surface area (Å²) >= 11 is 0. The molecule has 126 valence electrons. The highest BCUT2D eigenvalue weighted by molar-refractivity contribution is 6.02. The molecule has 0 saturated carbocycles. The minimum absolute atomic E-state index is 0.0234. The van der Waals surface area contributed by atoms with Gasteiger partial charge in [-0.05, 0) is 49.8 Å². The summed E-state index contributed by atoms with van der Waals surface area (Å²) in [6.45, 7) is 3.47. The lowest BCUT2D eigenvalue weighted by Gasteiger charge is -2.12. The van der Waals surface area contributed by atoms with Crippen LogP contribution in [0.1, 0.15) is 30.0 Å². The summed E-state index contributed by atoms with van der Waals surface area (Å²) in [4.78, 5) is 24.3. The Morgan fingerprint density at radius 1 is 1.17 bits per heavy atom. The number of carbonyl (C=O) groups is 2. The van der Waals surface area contributed by atoms with Gasteiger partial charge in [-0.25, -0.2) is 4.79 Å². The summed E-state index contributed by atoms with van der Waals surface area (Å²) < 4.78 is 15.3. The lowest BCUT2D eigenvalue weighted by molar-refractivity contribution is -0.142. The first-order valence-corrected chi connectivity index (χ1v) is 7.41. The van der Waals surface area contributed by atoms with Crippen LogP contribution in [-0.4, -0.2) is 25.1 Å². The fraction of sp³-hybridized carbons (Fsp3) is 0.222. The van der Waals surface area contributed by atoms with Crippen LogP contribution in [-0.2, 0) is 9.53 Å². The number of hydrogen-bond donors (Lipinski definition) is 1. The molecule has 2 aromatic rings. The van der Waals surface area contributed by atoms with E-state index in [1.165, 1.54) is 18.4 Å². The highest BCUT2D eigenvalue weighted by Crippen LogP contribution is 2.14. The standard InChI is InChI=1S/C18H19NO5/c1-12(2)24-18(21)15(19-17(20)16-5-4-10-23-16)11-13-6-8-14(22-3)9-7-13/h4-12H,1-3H3,(H,19,20)/b15-11-. The summed E-state index contributed by atoms with van der Waals surface area (Å²) in [6.07, 6.45) is 2.61. The molecule has 1 heterocycles. The van der Waals surface area contributed by atoms with E-state index in [2.05, 4.69) is 5.32 Å². The highest BCUT2D eigenvalue weighted by atomic mass is 16.5. The molecule has 6 nitrogen and oxygen atoms in total. The first kappa shape index (κ1) is 17.3. The van der Waals surface area contributed by atoms with E-state index in [0.29, 0.717) is 11.3 Å². The van der Waals surface area contributed by atoms with Crippen LogP contribution in [0.4, 0.5) is 0 Å². The lowest BCUT2D eigenvalue weighted by atomic mass is 10.2. The van der Waals surface area contributed by atoms with Gasteiger partial charge >= 0.3 is 5.97 Å². The number of amides is 1. The summed E-state index contributed by atoms with van der Waals surface area (Å²) in [5.74, 6) is -0.354. The molecule has 0 aliphatic rings. The number of ether oxygens (including phenoxy) is 2. The predicted octanol–water partition coefficient (Wildman–Crippen LogP) is 3.01. The molecule has 0 bridgehead atoms. The number of hydrogen-bond acceptors (Lipinski definition) is 5. The van der Waals surface area contributed by atoms with Gasteiger partial charge in [0.15, 0.2) is 5.76 Å². The van der Waals surface area contributed by atoms with Crippen molar-refractivity contribution in [1.29, 1.82) is 0 Å². The zero-order chi connectivity index (χ0) is 17.5. The monoisotopic (exact) mass is 329 g/mol. The van der Waals surface area contributed by atoms with Crippen LogP contribution in [0.5, 0.6) is 5.75 Å². The summed E-state index contributed by atoms with van der Waals surface area (Å²) in [5.41, 5.74) is 0.738. The normalized spacial score (nSPS) is 11.2. The second kappa shape index (κ2) is 8.01. The van der Waals surface area contributed by atoms with Crippen molar-refractivity contribution >= 4 is 18.0 Å². The van der Waals surface area contributed by atoms with Crippen molar-refractivity contribution in [3.05, 3.63) is 59.7 Å². The molecule has 0 unspecified atom stereocenters. The zero-order valence-electron chi connectivity index (χ0n) is 13.7. The number of esters is 1. The van der Waals surface area contributed by atoms with Gasteiger partial charge in [-0.15, -0.1) is 0 Å². The Morgan fingerprint density at radius 3 is 2.42 bits per heavy atom. The Labute approximate surface area is 140 Å². The molecule has 0 atom stereocenters. The summed E-state index contributed by atoms with van der Waals surface area (Å²) in [7, 11) is 1.57. The van der Waals surface area contributed by atoms with E-state index in [9.17, 15) is 9.59 Å². The summed E-state index contributed by atoms with van der Waals surface area (Å²) in [5, 5.41) is 2.52. The van der Waals surface area contributed by atoms with Crippen molar-refractivity contribution in [2.75, 3.05) is 7.11 Å². The van der Waals surface area contributed by atoms with E-state index in [1.54, 1.807) is 51.3 Å². The van der Waals surface area contributed by atoms with E-state index in [0.717, 1.165) is 0 Å². The van der Waals surface area contributed by atoms with Gasteiger partial charge in [0.05, 0.1) is 19.5 Å². The third-order valence-electron chi connectivity index (χ3n) is 2.98. The Balaban J connectivity index is 2.25. The number of nitrogens with one attached hydrogen (secondary N) is 1. The predicted molar refractivity (Wildman–Crippen MR) is 88.4 cm³/mol. The van der Waals surface area contributed by atoms with Crippen molar-refractivity contribution in [2.24, 2.45) is 0 Å². The van der Waals surface area contributed by atoms with E-state index < -0.39 is 11.9 Å². The molecule has 1 aromatic heterocycles. The molecule has 0 aliphatic carbocycles. The maximum atomic E-state index is 12.2. The number of methoxy groups -OCH3 is 1. The van der Waals surface area contributed by atoms with Crippen molar-refractivity contribution in [2.45, 2.75) is 20.0 Å². The van der Waals surface area contributed by atoms with Crippen molar-refractivity contribution in [3.8, 4) is 5.75 Å². The van der Waals surface area contributed by atoms with Gasteiger partial charge in [0.25, 0.3) is 5.91 Å². The highest BCUT2D eigenvalue weighted by Gasteiger charge is 2.18. The molecule has 1 aromatic carbocycles. The van der Waals surface area contributed by atoms with Crippen molar-refractivity contribution in [3.63, 3.8) is 0 Å². The van der Waals surface area contributed by atoms with Gasteiger partial charge in [0, 0.05) is 0 Å². The Bertz CT molecular complexity index is 714. The first-order valence-electron chi connectivity index (χ1n) is 7.41. The topological polar surface area (TPSA) is 77.8 Å². The Kier molecular flexibility index (Phi) is 5.78. The van der Waals surface area contributed by atoms with E-state index >= 15 is 0 Å². The minimum Gasteiger partial charge on any atom is -0.497 e. The number of benzene rings is 1. The van der Waals surface area contributed by atoms with Gasteiger partial charge in [-0.1, -0.05) is 12.1 Å². The molecule has 1 N–H and O–H groups in total. The van der Waals surface area contributed by atoms with Crippen molar-refractivity contribution in [1.82, 2.24) is 5.32 Å². The number of furan rings is 1. The van der Waals surface area contributed by atoms with Crippen LogP contribution in [0.3, 0.4) is 0 Å². The van der Waals surface area contributed by atoms with Crippen LogP contribution in [0.15, 0.2) is 52.8 Å². The average molecular weight is 329 g/mol. The van der Waals surface area contributed by atoms with Crippen molar-refractivity contribution < 1.29 is 23.5 Å². The molecule has 0 fully saturated rings. The Morgan fingerprint density at radius 2 is 1.88 bits per heavy atom. The van der Waals surface area contributed by atoms with Crippen LogP contribution in [0.25, 0.3) is 6.08 Å². The van der Waals surface area contributed by atoms with Gasteiger partial charge in [-0.3, -0.25) is 4.79 Å². The van der Waals surface area contributed by atoms with E-state index in [1.807, 2.05) is 0 Å². The van der Waals surface area contributed by atoms with Crippen LogP contribution in [0, 0.1) is 0 Å². The van der Waals surface area contributed by atoms with E-state index in [-0.39, 0.29) is 17.6 Å². The molecule has 1 amide bonds. The Hall–Kier alpha value is -3.02. The molecule has 0 spiro atoms. The third kappa shape index (κ3) is 4.74. The minimum atomic E-state index is -0.624. The van der Waals surface area contributed by atoms with Crippen LogP contribution < -0.4 is 10.1 Å². The molecule has 0 aliphatic heterocycles. The fourth-order valence-corrected chi connectivity index (χ4v) is 1.88. The van der Waals surface area contributed by atoms with Gasteiger partial charge in [0.2, 0.25) is 0 Å². The maximum absolute atomic E-state index is 12.2. The quantitative estimate of drug-likeness (QED) is 0.651.